The van der Waals surface area contributed by atoms with Crippen molar-refractivity contribution >= 4 is 5.91 Å². The lowest BCUT2D eigenvalue weighted by Crippen LogP contribution is -2.40. The standard InChI is InChI=1S/C17H23N5O3/c1-11-7-18-15(24-11)10-22(12(2)23)14-5-6-21(8-14)9-16-19-20-17(25-16)13-3-4-13/h7,13-14H,3-6,8-10H2,1-2H3/t14-/m1/s1. The summed E-state index contributed by atoms with van der Waals surface area (Å²) in [5.74, 6) is 3.30. The molecule has 8 nitrogen and oxygen atoms in total. The molecule has 2 aromatic rings. The van der Waals surface area contributed by atoms with E-state index in [0.717, 1.165) is 44.0 Å². The Hall–Kier alpha value is -2.22. The Morgan fingerprint density at radius 1 is 1.28 bits per heavy atom. The maximum absolute atomic E-state index is 12.1. The second kappa shape index (κ2) is 6.59. The molecule has 1 aliphatic carbocycles. The molecule has 1 atom stereocenters. The zero-order valence-electron chi connectivity index (χ0n) is 14.6. The van der Waals surface area contributed by atoms with Gasteiger partial charge in [0.1, 0.15) is 5.76 Å². The van der Waals surface area contributed by atoms with Gasteiger partial charge in [-0.25, -0.2) is 4.98 Å². The van der Waals surface area contributed by atoms with E-state index in [1.807, 2.05) is 11.8 Å². The third kappa shape index (κ3) is 3.73. The van der Waals surface area contributed by atoms with Crippen molar-refractivity contribution in [1.82, 2.24) is 25.0 Å². The van der Waals surface area contributed by atoms with Gasteiger partial charge < -0.3 is 13.7 Å². The molecule has 0 N–H and O–H groups in total. The molecule has 0 aromatic carbocycles. The van der Waals surface area contributed by atoms with Crippen LogP contribution in [0, 0.1) is 6.92 Å². The van der Waals surface area contributed by atoms with Crippen LogP contribution >= 0.6 is 0 Å². The Kier molecular flexibility index (Phi) is 4.29. The summed E-state index contributed by atoms with van der Waals surface area (Å²) in [6.45, 7) is 6.19. The van der Waals surface area contributed by atoms with E-state index >= 15 is 0 Å². The van der Waals surface area contributed by atoms with Crippen molar-refractivity contribution in [1.29, 1.82) is 0 Å². The van der Waals surface area contributed by atoms with Gasteiger partial charge in [-0.15, -0.1) is 10.2 Å². The summed E-state index contributed by atoms with van der Waals surface area (Å²) in [6, 6.07) is 0.149. The van der Waals surface area contributed by atoms with E-state index in [-0.39, 0.29) is 11.9 Å². The monoisotopic (exact) mass is 345 g/mol. The summed E-state index contributed by atoms with van der Waals surface area (Å²) in [6.07, 6.45) is 4.91. The number of aromatic nitrogens is 3. The fourth-order valence-electron chi connectivity index (χ4n) is 3.35. The van der Waals surface area contributed by atoms with E-state index in [1.165, 1.54) is 0 Å². The SMILES string of the molecule is CC(=O)N(Cc1ncc(C)o1)[C@@H]1CCN(Cc2nnc(C3CC3)o2)C1. The number of oxazole rings is 1. The first kappa shape index (κ1) is 16.3. The molecule has 1 aliphatic heterocycles. The summed E-state index contributed by atoms with van der Waals surface area (Å²) in [7, 11) is 0. The van der Waals surface area contributed by atoms with Gasteiger partial charge in [0.2, 0.25) is 23.6 Å². The quantitative estimate of drug-likeness (QED) is 0.789. The van der Waals surface area contributed by atoms with Crippen LogP contribution in [0.5, 0.6) is 0 Å². The molecule has 1 amide bonds. The largest absolute Gasteiger partial charge is 0.444 e. The number of hydrogen-bond acceptors (Lipinski definition) is 7. The molecular formula is C17H23N5O3. The van der Waals surface area contributed by atoms with Crippen molar-refractivity contribution < 1.29 is 13.6 Å². The summed E-state index contributed by atoms with van der Waals surface area (Å²) in [5.41, 5.74) is 0. The molecule has 2 fully saturated rings. The molecular weight excluding hydrogens is 322 g/mol. The topological polar surface area (TPSA) is 88.5 Å². The number of amides is 1. The molecule has 0 spiro atoms. The lowest BCUT2D eigenvalue weighted by molar-refractivity contribution is -0.132. The number of aryl methyl sites for hydroxylation is 1. The fraction of sp³-hybridized carbons (Fsp3) is 0.647. The van der Waals surface area contributed by atoms with Crippen LogP contribution in [0.25, 0.3) is 0 Å². The molecule has 4 rings (SSSR count). The number of carbonyl (C=O) groups is 1. The highest BCUT2D eigenvalue weighted by molar-refractivity contribution is 5.73. The van der Waals surface area contributed by atoms with Gasteiger partial charge in [0.25, 0.3) is 0 Å². The molecule has 8 heteroatoms. The van der Waals surface area contributed by atoms with Gasteiger partial charge in [-0.2, -0.15) is 0 Å². The van der Waals surface area contributed by atoms with Crippen molar-refractivity contribution in [3.8, 4) is 0 Å². The van der Waals surface area contributed by atoms with Gasteiger partial charge in [0, 0.05) is 32.0 Å². The summed E-state index contributed by atoms with van der Waals surface area (Å²) in [4.78, 5) is 20.4. The van der Waals surface area contributed by atoms with Gasteiger partial charge in [0.15, 0.2) is 0 Å². The number of hydrogen-bond donors (Lipinski definition) is 0. The fourth-order valence-corrected chi connectivity index (χ4v) is 3.35. The van der Waals surface area contributed by atoms with Gasteiger partial charge in [-0.1, -0.05) is 0 Å². The van der Waals surface area contributed by atoms with Crippen LogP contribution in [0.2, 0.25) is 0 Å². The van der Waals surface area contributed by atoms with Crippen LogP contribution in [0.4, 0.5) is 0 Å². The van der Waals surface area contributed by atoms with E-state index < -0.39 is 0 Å². The van der Waals surface area contributed by atoms with Crippen LogP contribution in [-0.2, 0) is 17.9 Å². The Morgan fingerprint density at radius 3 is 2.80 bits per heavy atom. The molecule has 0 unspecified atom stereocenters. The molecule has 134 valence electrons. The molecule has 0 radical (unpaired) electrons. The average Bonchev–Trinajstić information content (AvgIpc) is 2.95. The van der Waals surface area contributed by atoms with E-state index in [2.05, 4.69) is 20.1 Å². The van der Waals surface area contributed by atoms with Crippen molar-refractivity contribution in [3.05, 3.63) is 29.6 Å². The second-order valence-electron chi connectivity index (χ2n) is 7.00. The number of carbonyl (C=O) groups excluding carboxylic acids is 1. The highest BCUT2D eigenvalue weighted by Gasteiger charge is 2.32. The van der Waals surface area contributed by atoms with Crippen LogP contribution in [0.15, 0.2) is 15.0 Å². The lowest BCUT2D eigenvalue weighted by Gasteiger charge is -2.26. The Bertz CT molecular complexity index is 751. The minimum atomic E-state index is 0.0384. The van der Waals surface area contributed by atoms with Crippen molar-refractivity contribution in [3.63, 3.8) is 0 Å². The predicted octanol–water partition coefficient (Wildman–Crippen LogP) is 1.87. The molecule has 2 aliphatic rings. The molecule has 2 aromatic heterocycles. The first-order chi connectivity index (χ1) is 12.1. The predicted molar refractivity (Wildman–Crippen MR) is 87.4 cm³/mol. The summed E-state index contributed by atoms with van der Waals surface area (Å²) < 4.78 is 11.3. The van der Waals surface area contributed by atoms with E-state index in [0.29, 0.717) is 30.8 Å². The van der Waals surface area contributed by atoms with E-state index in [9.17, 15) is 4.79 Å². The van der Waals surface area contributed by atoms with Gasteiger partial charge in [-0.05, 0) is 26.2 Å². The second-order valence-corrected chi connectivity index (χ2v) is 7.00. The molecule has 1 saturated heterocycles. The van der Waals surface area contributed by atoms with Gasteiger partial charge in [0.05, 0.1) is 19.3 Å². The third-order valence-corrected chi connectivity index (χ3v) is 4.84. The zero-order chi connectivity index (χ0) is 17.4. The van der Waals surface area contributed by atoms with Crippen molar-refractivity contribution in [2.24, 2.45) is 0 Å². The first-order valence-electron chi connectivity index (χ1n) is 8.81. The zero-order valence-corrected chi connectivity index (χ0v) is 14.6. The van der Waals surface area contributed by atoms with Crippen molar-refractivity contribution in [2.75, 3.05) is 13.1 Å². The van der Waals surface area contributed by atoms with Gasteiger partial charge in [-0.3, -0.25) is 9.69 Å². The Morgan fingerprint density at radius 2 is 2.12 bits per heavy atom. The van der Waals surface area contributed by atoms with E-state index in [4.69, 9.17) is 8.83 Å². The van der Waals surface area contributed by atoms with Crippen LogP contribution in [0.3, 0.4) is 0 Å². The maximum atomic E-state index is 12.1. The van der Waals surface area contributed by atoms with Crippen molar-refractivity contribution in [2.45, 2.75) is 58.2 Å². The molecule has 1 saturated carbocycles. The summed E-state index contributed by atoms with van der Waals surface area (Å²) in [5, 5.41) is 8.28. The van der Waals surface area contributed by atoms with Crippen LogP contribution in [0.1, 0.15) is 55.5 Å². The van der Waals surface area contributed by atoms with Crippen LogP contribution in [-0.4, -0.2) is 50.0 Å². The summed E-state index contributed by atoms with van der Waals surface area (Å²) >= 11 is 0. The lowest BCUT2D eigenvalue weighted by atomic mass is 10.2. The molecule has 3 heterocycles. The average molecular weight is 345 g/mol. The number of likely N-dealkylation sites (tertiary alicyclic amines) is 1. The van der Waals surface area contributed by atoms with Crippen LogP contribution < -0.4 is 0 Å². The smallest absolute Gasteiger partial charge is 0.230 e. The van der Waals surface area contributed by atoms with Gasteiger partial charge >= 0.3 is 0 Å². The Labute approximate surface area is 146 Å². The van der Waals surface area contributed by atoms with E-state index in [1.54, 1.807) is 13.1 Å². The maximum Gasteiger partial charge on any atom is 0.230 e. The number of nitrogens with zero attached hydrogens (tertiary/aromatic N) is 5. The molecule has 0 bridgehead atoms. The highest BCUT2D eigenvalue weighted by atomic mass is 16.4. The minimum Gasteiger partial charge on any atom is -0.444 e. The molecule has 25 heavy (non-hydrogen) atoms. The third-order valence-electron chi connectivity index (χ3n) is 4.84. The normalized spacial score (nSPS) is 21.0. The minimum absolute atomic E-state index is 0.0384. The number of rotatable bonds is 6. The first-order valence-corrected chi connectivity index (χ1v) is 8.81. The highest BCUT2D eigenvalue weighted by Crippen LogP contribution is 2.39. The Balaban J connectivity index is 1.36.